The number of β-lactam (4-membered cyclic amide) rings is 1. The number of carboxylic acids is 1. The summed E-state index contributed by atoms with van der Waals surface area (Å²) in [7, 11) is 0. The molecule has 6 heteroatoms. The van der Waals surface area contributed by atoms with Gasteiger partial charge in [0.05, 0.1) is 18.1 Å². The third-order valence-corrected chi connectivity index (χ3v) is 4.50. The molecule has 1 saturated heterocycles. The summed E-state index contributed by atoms with van der Waals surface area (Å²) in [6, 6.07) is 4.01. The van der Waals surface area contributed by atoms with Crippen LogP contribution in [-0.2, 0) is 9.59 Å². The Balaban J connectivity index is 2.05. The molecule has 2 heterocycles. The normalized spacial score (nSPS) is 24.3. The summed E-state index contributed by atoms with van der Waals surface area (Å²) in [4.78, 5) is 24.9. The minimum absolute atomic E-state index is 0.123. The van der Waals surface area contributed by atoms with E-state index in [0.717, 1.165) is 0 Å². The predicted molar refractivity (Wildman–Crippen MR) is 81.5 cm³/mol. The third kappa shape index (κ3) is 2.17. The van der Waals surface area contributed by atoms with E-state index in [1.54, 1.807) is 6.07 Å². The van der Waals surface area contributed by atoms with Gasteiger partial charge in [-0.3, -0.25) is 4.79 Å². The molecule has 1 aromatic carbocycles. The number of carbonyl (C=O) groups is 2. The van der Waals surface area contributed by atoms with Gasteiger partial charge in [0, 0.05) is 5.56 Å². The number of halogens is 1. The summed E-state index contributed by atoms with van der Waals surface area (Å²) in [5.74, 6) is -2.74. The summed E-state index contributed by atoms with van der Waals surface area (Å²) < 4.78 is 14.0. The number of hydrogen-bond acceptors (Lipinski definition) is 3. The van der Waals surface area contributed by atoms with Crippen molar-refractivity contribution in [3.05, 3.63) is 47.4 Å². The Hall–Kier alpha value is -2.47. The van der Waals surface area contributed by atoms with Crippen LogP contribution in [-0.4, -0.2) is 39.1 Å². The van der Waals surface area contributed by atoms with E-state index in [0.29, 0.717) is 16.7 Å². The highest BCUT2D eigenvalue weighted by Gasteiger charge is 2.56. The molecule has 3 atom stereocenters. The van der Waals surface area contributed by atoms with Crippen LogP contribution >= 0.6 is 0 Å². The van der Waals surface area contributed by atoms with Crippen molar-refractivity contribution < 1.29 is 24.2 Å². The second-order valence-corrected chi connectivity index (χ2v) is 5.82. The van der Waals surface area contributed by atoms with Crippen molar-refractivity contribution in [1.82, 2.24) is 4.90 Å². The van der Waals surface area contributed by atoms with E-state index in [4.69, 9.17) is 0 Å². The molecule has 0 radical (unpaired) electrons. The van der Waals surface area contributed by atoms with Crippen LogP contribution in [0.15, 0.2) is 30.5 Å². The number of aliphatic hydroxyl groups is 1. The van der Waals surface area contributed by atoms with E-state index in [9.17, 15) is 24.2 Å². The topological polar surface area (TPSA) is 77.8 Å². The number of aliphatic hydroxyl groups excluding tert-OH is 1. The van der Waals surface area contributed by atoms with Crippen LogP contribution in [0.25, 0.3) is 11.6 Å². The Labute approximate surface area is 132 Å². The highest BCUT2D eigenvalue weighted by atomic mass is 19.1. The smallest absolute Gasteiger partial charge is 0.352 e. The number of aliphatic carboxylic acids is 1. The summed E-state index contributed by atoms with van der Waals surface area (Å²) in [6.07, 6.45) is 0.814. The summed E-state index contributed by atoms with van der Waals surface area (Å²) >= 11 is 0. The molecular formula is C17H16FNO4. The fourth-order valence-electron chi connectivity index (χ4n) is 3.41. The molecule has 0 spiro atoms. The Morgan fingerprint density at radius 2 is 2.22 bits per heavy atom. The van der Waals surface area contributed by atoms with E-state index in [1.165, 1.54) is 30.0 Å². The number of carboxylic acid groups (broad SMARTS) is 1. The number of fused-ring (bicyclic) bond motifs is 1. The SMILES string of the molecule is C=Cc1ccc(C2=C(C(=O)O)N3C(=O)[C@H]([C@@H](C)O)[C@H]3C2)cc1F. The maximum absolute atomic E-state index is 14.0. The summed E-state index contributed by atoms with van der Waals surface area (Å²) in [5, 5.41) is 19.2. The first kappa shape index (κ1) is 15.4. The molecule has 120 valence electrons. The van der Waals surface area contributed by atoms with E-state index in [2.05, 4.69) is 6.58 Å². The minimum Gasteiger partial charge on any atom is -0.477 e. The molecule has 5 nitrogen and oxygen atoms in total. The second kappa shape index (κ2) is 5.31. The molecule has 0 unspecified atom stereocenters. The molecule has 0 aliphatic carbocycles. The summed E-state index contributed by atoms with van der Waals surface area (Å²) in [6.45, 7) is 5.02. The molecule has 2 aliphatic heterocycles. The Kier molecular flexibility index (Phi) is 3.56. The highest BCUT2D eigenvalue weighted by Crippen LogP contribution is 2.47. The molecule has 2 N–H and O–H groups in total. The van der Waals surface area contributed by atoms with Gasteiger partial charge < -0.3 is 15.1 Å². The van der Waals surface area contributed by atoms with Crippen LogP contribution in [0.5, 0.6) is 0 Å². The van der Waals surface area contributed by atoms with Crippen molar-refractivity contribution in [3.8, 4) is 0 Å². The first-order valence-electron chi connectivity index (χ1n) is 7.26. The maximum atomic E-state index is 14.0. The Bertz CT molecular complexity index is 753. The van der Waals surface area contributed by atoms with Gasteiger partial charge in [-0.05, 0) is 30.5 Å². The van der Waals surface area contributed by atoms with Crippen molar-refractivity contribution in [3.63, 3.8) is 0 Å². The lowest BCUT2D eigenvalue weighted by Crippen LogP contribution is -2.61. The van der Waals surface area contributed by atoms with Gasteiger partial charge in [-0.2, -0.15) is 0 Å². The quantitative estimate of drug-likeness (QED) is 0.831. The monoisotopic (exact) mass is 317 g/mol. The number of hydrogen-bond donors (Lipinski definition) is 2. The minimum atomic E-state index is -1.23. The zero-order valence-electron chi connectivity index (χ0n) is 12.5. The van der Waals surface area contributed by atoms with Crippen LogP contribution in [0.4, 0.5) is 4.39 Å². The molecular weight excluding hydrogens is 301 g/mol. The lowest BCUT2D eigenvalue weighted by Gasteiger charge is -2.44. The van der Waals surface area contributed by atoms with Crippen LogP contribution < -0.4 is 0 Å². The molecule has 2 aliphatic rings. The fourth-order valence-corrected chi connectivity index (χ4v) is 3.41. The molecule has 23 heavy (non-hydrogen) atoms. The first-order valence-corrected chi connectivity index (χ1v) is 7.26. The van der Waals surface area contributed by atoms with E-state index < -0.39 is 29.7 Å². The van der Waals surface area contributed by atoms with Gasteiger partial charge in [-0.15, -0.1) is 0 Å². The lowest BCUT2D eigenvalue weighted by atomic mass is 9.82. The molecule has 1 aromatic rings. The molecule has 0 saturated carbocycles. The lowest BCUT2D eigenvalue weighted by molar-refractivity contribution is -0.161. The van der Waals surface area contributed by atoms with Crippen molar-refractivity contribution >= 4 is 23.5 Å². The highest BCUT2D eigenvalue weighted by molar-refractivity contribution is 6.06. The summed E-state index contributed by atoms with van der Waals surface area (Å²) in [5.41, 5.74) is 1.04. The number of amides is 1. The van der Waals surface area contributed by atoms with Gasteiger partial charge in [-0.1, -0.05) is 24.8 Å². The number of benzene rings is 1. The van der Waals surface area contributed by atoms with Crippen LogP contribution in [0.2, 0.25) is 0 Å². The van der Waals surface area contributed by atoms with Crippen molar-refractivity contribution in [2.24, 2.45) is 5.92 Å². The number of nitrogens with zero attached hydrogens (tertiary/aromatic N) is 1. The maximum Gasteiger partial charge on any atom is 0.352 e. The zero-order chi connectivity index (χ0) is 16.9. The van der Waals surface area contributed by atoms with Gasteiger partial charge in [0.1, 0.15) is 11.5 Å². The van der Waals surface area contributed by atoms with E-state index in [-0.39, 0.29) is 18.2 Å². The van der Waals surface area contributed by atoms with Crippen LogP contribution in [0.3, 0.4) is 0 Å². The van der Waals surface area contributed by atoms with Gasteiger partial charge in [0.2, 0.25) is 5.91 Å². The molecule has 3 rings (SSSR count). The predicted octanol–water partition coefficient (Wildman–Crippen LogP) is 1.88. The van der Waals surface area contributed by atoms with E-state index >= 15 is 0 Å². The average Bonchev–Trinajstić information content (AvgIpc) is 2.82. The first-order chi connectivity index (χ1) is 10.9. The van der Waals surface area contributed by atoms with Crippen molar-refractivity contribution in [1.29, 1.82) is 0 Å². The standard InChI is InChI=1S/C17H16FNO4/c1-3-9-4-5-10(6-12(9)18)11-7-13-14(8(2)20)16(21)19(13)15(11)17(22)23/h3-6,8,13-14,20H,1,7H2,2H3,(H,22,23)/t8-,13-,14-/m1/s1. The van der Waals surface area contributed by atoms with Crippen molar-refractivity contribution in [2.45, 2.75) is 25.5 Å². The van der Waals surface area contributed by atoms with Crippen LogP contribution in [0.1, 0.15) is 24.5 Å². The zero-order valence-corrected chi connectivity index (χ0v) is 12.5. The number of rotatable bonds is 4. The van der Waals surface area contributed by atoms with Crippen LogP contribution in [0, 0.1) is 11.7 Å². The van der Waals surface area contributed by atoms with E-state index in [1.807, 2.05) is 0 Å². The molecule has 1 fully saturated rings. The van der Waals surface area contributed by atoms with Gasteiger partial charge in [-0.25, -0.2) is 9.18 Å². The Morgan fingerprint density at radius 3 is 2.74 bits per heavy atom. The van der Waals surface area contributed by atoms with Crippen molar-refractivity contribution in [2.75, 3.05) is 0 Å². The molecule has 0 bridgehead atoms. The molecule has 0 aromatic heterocycles. The number of carbonyl (C=O) groups excluding carboxylic acids is 1. The van der Waals surface area contributed by atoms with Gasteiger partial charge in [0.15, 0.2) is 0 Å². The third-order valence-electron chi connectivity index (χ3n) is 4.50. The fraction of sp³-hybridized carbons (Fsp3) is 0.294. The van der Waals surface area contributed by atoms with Gasteiger partial charge >= 0.3 is 5.97 Å². The molecule has 1 amide bonds. The largest absolute Gasteiger partial charge is 0.477 e. The Morgan fingerprint density at radius 1 is 1.52 bits per heavy atom. The van der Waals surface area contributed by atoms with Gasteiger partial charge in [0.25, 0.3) is 0 Å². The second-order valence-electron chi connectivity index (χ2n) is 5.82. The average molecular weight is 317 g/mol.